The standard InChI is InChI=1S/C21H18ClNO4/c1-3-27-20-9-8-14(10-17(20)22)19(25)12-23-11-16(13(2)24)21(26)15-6-4-5-7-18(15)23/h4-11H,3,12H2,1-2H3. The third kappa shape index (κ3) is 3.78. The molecule has 3 rings (SSSR count). The molecule has 0 aliphatic rings. The van der Waals surface area contributed by atoms with E-state index in [1.165, 1.54) is 13.1 Å². The summed E-state index contributed by atoms with van der Waals surface area (Å²) in [6, 6.07) is 11.8. The molecule has 0 bridgehead atoms. The van der Waals surface area contributed by atoms with Crippen molar-refractivity contribution in [2.75, 3.05) is 6.61 Å². The minimum absolute atomic E-state index is 0.0224. The Morgan fingerprint density at radius 2 is 1.89 bits per heavy atom. The summed E-state index contributed by atoms with van der Waals surface area (Å²) in [7, 11) is 0. The minimum atomic E-state index is -0.337. The Bertz CT molecular complexity index is 1100. The Labute approximate surface area is 161 Å². The van der Waals surface area contributed by atoms with Crippen molar-refractivity contribution in [2.45, 2.75) is 20.4 Å². The number of pyridine rings is 1. The van der Waals surface area contributed by atoms with Gasteiger partial charge in [0.2, 0.25) is 0 Å². The van der Waals surface area contributed by atoms with Crippen LogP contribution in [-0.4, -0.2) is 22.7 Å². The largest absolute Gasteiger partial charge is 0.492 e. The number of carbonyl (C=O) groups excluding carboxylic acids is 2. The van der Waals surface area contributed by atoms with Crippen LogP contribution >= 0.6 is 11.6 Å². The van der Waals surface area contributed by atoms with Crippen molar-refractivity contribution in [3.63, 3.8) is 0 Å². The highest BCUT2D eigenvalue weighted by molar-refractivity contribution is 6.32. The van der Waals surface area contributed by atoms with Gasteiger partial charge < -0.3 is 9.30 Å². The zero-order valence-electron chi connectivity index (χ0n) is 15.0. The summed E-state index contributed by atoms with van der Waals surface area (Å²) in [5.41, 5.74) is 0.755. The molecule has 1 heterocycles. The molecule has 3 aromatic rings. The molecule has 0 spiro atoms. The number of ether oxygens (including phenoxy) is 1. The van der Waals surface area contributed by atoms with Gasteiger partial charge in [0.25, 0.3) is 0 Å². The summed E-state index contributed by atoms with van der Waals surface area (Å²) < 4.78 is 7.01. The molecule has 0 atom stereocenters. The van der Waals surface area contributed by atoms with Gasteiger partial charge in [-0.1, -0.05) is 23.7 Å². The molecule has 0 aliphatic heterocycles. The van der Waals surface area contributed by atoms with Gasteiger partial charge in [0.15, 0.2) is 17.0 Å². The lowest BCUT2D eigenvalue weighted by Crippen LogP contribution is -2.20. The van der Waals surface area contributed by atoms with E-state index in [2.05, 4.69) is 0 Å². The van der Waals surface area contributed by atoms with E-state index in [4.69, 9.17) is 16.3 Å². The highest BCUT2D eigenvalue weighted by Crippen LogP contribution is 2.26. The second kappa shape index (κ2) is 7.76. The molecule has 5 nitrogen and oxygen atoms in total. The molecule has 2 aromatic carbocycles. The lowest BCUT2D eigenvalue weighted by atomic mass is 10.1. The van der Waals surface area contributed by atoms with Crippen molar-refractivity contribution < 1.29 is 14.3 Å². The summed E-state index contributed by atoms with van der Waals surface area (Å²) in [4.78, 5) is 37.1. The predicted octanol–water partition coefficient (Wildman–Crippen LogP) is 4.14. The zero-order valence-corrected chi connectivity index (χ0v) is 15.7. The Balaban J connectivity index is 2.02. The average molecular weight is 384 g/mol. The molecular formula is C21H18ClNO4. The number of aromatic nitrogens is 1. The highest BCUT2D eigenvalue weighted by Gasteiger charge is 2.15. The number of hydrogen-bond acceptors (Lipinski definition) is 4. The van der Waals surface area contributed by atoms with Crippen LogP contribution in [0.1, 0.15) is 34.6 Å². The van der Waals surface area contributed by atoms with E-state index in [-0.39, 0.29) is 29.1 Å². The summed E-state index contributed by atoms with van der Waals surface area (Å²) in [6.07, 6.45) is 1.45. The van der Waals surface area contributed by atoms with Gasteiger partial charge in [-0.2, -0.15) is 0 Å². The number of nitrogens with zero attached hydrogens (tertiary/aromatic N) is 1. The van der Waals surface area contributed by atoms with Crippen molar-refractivity contribution in [1.29, 1.82) is 0 Å². The number of rotatable bonds is 6. The Morgan fingerprint density at radius 3 is 2.56 bits per heavy atom. The van der Waals surface area contributed by atoms with E-state index in [0.29, 0.717) is 33.8 Å². The van der Waals surface area contributed by atoms with Crippen molar-refractivity contribution in [2.24, 2.45) is 0 Å². The second-order valence-corrected chi connectivity index (χ2v) is 6.48. The van der Waals surface area contributed by atoms with Gasteiger partial charge in [-0.25, -0.2) is 0 Å². The molecule has 1 aromatic heterocycles. The van der Waals surface area contributed by atoms with Crippen LogP contribution in [0.15, 0.2) is 53.5 Å². The monoisotopic (exact) mass is 383 g/mol. The summed E-state index contributed by atoms with van der Waals surface area (Å²) >= 11 is 6.17. The summed E-state index contributed by atoms with van der Waals surface area (Å²) in [6.45, 7) is 3.64. The van der Waals surface area contributed by atoms with Crippen LogP contribution in [0.25, 0.3) is 10.9 Å². The first-order valence-corrected chi connectivity index (χ1v) is 8.88. The smallest absolute Gasteiger partial charge is 0.200 e. The average Bonchev–Trinajstić information content (AvgIpc) is 2.65. The Morgan fingerprint density at radius 1 is 1.15 bits per heavy atom. The molecular weight excluding hydrogens is 366 g/mol. The fourth-order valence-electron chi connectivity index (χ4n) is 2.92. The van der Waals surface area contributed by atoms with Gasteiger partial charge in [0.05, 0.1) is 29.3 Å². The van der Waals surface area contributed by atoms with E-state index in [0.717, 1.165) is 0 Å². The maximum Gasteiger partial charge on any atom is 0.200 e. The van der Waals surface area contributed by atoms with Crippen LogP contribution in [-0.2, 0) is 6.54 Å². The van der Waals surface area contributed by atoms with Gasteiger partial charge in [-0.05, 0) is 44.2 Å². The van der Waals surface area contributed by atoms with Crippen LogP contribution in [0.4, 0.5) is 0 Å². The maximum atomic E-state index is 12.8. The van der Waals surface area contributed by atoms with Gasteiger partial charge >= 0.3 is 0 Å². The molecule has 0 saturated carbocycles. The summed E-state index contributed by atoms with van der Waals surface area (Å²) in [5.74, 6) is -0.0114. The van der Waals surface area contributed by atoms with Crippen LogP contribution in [0.2, 0.25) is 5.02 Å². The summed E-state index contributed by atoms with van der Waals surface area (Å²) in [5, 5.41) is 0.764. The number of halogens is 1. The van der Waals surface area contributed by atoms with Gasteiger partial charge in [-0.15, -0.1) is 0 Å². The molecule has 0 fully saturated rings. The molecule has 27 heavy (non-hydrogen) atoms. The van der Waals surface area contributed by atoms with Gasteiger partial charge in [0, 0.05) is 17.1 Å². The maximum absolute atomic E-state index is 12.8. The number of fused-ring (bicyclic) bond motifs is 1. The van der Waals surface area contributed by atoms with E-state index >= 15 is 0 Å². The Kier molecular flexibility index (Phi) is 5.42. The van der Waals surface area contributed by atoms with E-state index in [1.807, 2.05) is 6.92 Å². The van der Waals surface area contributed by atoms with Crippen molar-refractivity contribution in [1.82, 2.24) is 4.57 Å². The molecule has 138 valence electrons. The molecule has 0 aliphatic carbocycles. The molecule has 0 unspecified atom stereocenters. The number of hydrogen-bond donors (Lipinski definition) is 0. The fourth-order valence-corrected chi connectivity index (χ4v) is 3.15. The van der Waals surface area contributed by atoms with Crippen molar-refractivity contribution >= 4 is 34.1 Å². The Hall–Kier alpha value is -2.92. The second-order valence-electron chi connectivity index (χ2n) is 6.07. The quantitative estimate of drug-likeness (QED) is 0.600. The third-order valence-corrected chi connectivity index (χ3v) is 4.53. The minimum Gasteiger partial charge on any atom is -0.492 e. The molecule has 0 saturated heterocycles. The first kappa shape index (κ1) is 18.9. The van der Waals surface area contributed by atoms with Crippen molar-refractivity contribution in [3.05, 3.63) is 75.0 Å². The predicted molar refractivity (Wildman–Crippen MR) is 105 cm³/mol. The SMILES string of the molecule is CCOc1ccc(C(=O)Cn2cc(C(C)=O)c(=O)c3ccccc32)cc1Cl. The first-order valence-electron chi connectivity index (χ1n) is 8.51. The van der Waals surface area contributed by atoms with Crippen molar-refractivity contribution in [3.8, 4) is 5.75 Å². The van der Waals surface area contributed by atoms with Crippen LogP contribution in [0.3, 0.4) is 0 Å². The van der Waals surface area contributed by atoms with Crippen LogP contribution < -0.4 is 10.2 Å². The third-order valence-electron chi connectivity index (χ3n) is 4.23. The normalized spacial score (nSPS) is 10.8. The zero-order chi connectivity index (χ0) is 19.6. The lowest BCUT2D eigenvalue weighted by molar-refractivity contribution is 0.0968. The number of benzene rings is 2. The van der Waals surface area contributed by atoms with Crippen LogP contribution in [0, 0.1) is 0 Å². The van der Waals surface area contributed by atoms with Gasteiger partial charge in [-0.3, -0.25) is 14.4 Å². The van der Waals surface area contributed by atoms with E-state index < -0.39 is 0 Å². The lowest BCUT2D eigenvalue weighted by Gasteiger charge is -2.13. The number of carbonyl (C=O) groups is 2. The fraction of sp³-hybridized carbons (Fsp3) is 0.190. The van der Waals surface area contributed by atoms with E-state index in [1.54, 1.807) is 47.0 Å². The molecule has 0 N–H and O–H groups in total. The first-order chi connectivity index (χ1) is 12.9. The number of ketones is 2. The van der Waals surface area contributed by atoms with Crippen LogP contribution in [0.5, 0.6) is 5.75 Å². The molecule has 0 amide bonds. The van der Waals surface area contributed by atoms with E-state index in [9.17, 15) is 14.4 Å². The molecule has 6 heteroatoms. The number of para-hydroxylation sites is 1. The van der Waals surface area contributed by atoms with Gasteiger partial charge in [0.1, 0.15) is 5.75 Å². The molecule has 0 radical (unpaired) electrons. The highest BCUT2D eigenvalue weighted by atomic mass is 35.5. The topological polar surface area (TPSA) is 65.4 Å². The number of Topliss-reactive ketones (excluding diaryl/α,β-unsaturated/α-hetero) is 2.